The molecule has 0 radical (unpaired) electrons. The van der Waals surface area contributed by atoms with Gasteiger partial charge >= 0.3 is 12.0 Å². The van der Waals surface area contributed by atoms with Crippen molar-refractivity contribution in [1.29, 1.82) is 0 Å². The molecule has 0 atom stereocenters. The first-order chi connectivity index (χ1) is 9.79. The summed E-state index contributed by atoms with van der Waals surface area (Å²) in [6.07, 6.45) is 0. The fourth-order valence-electron chi connectivity index (χ4n) is 1.50. The molecule has 4 amide bonds. The number of nitrogens with zero attached hydrogens (tertiary/aromatic N) is 1. The molecule has 0 aliphatic carbocycles. The van der Waals surface area contributed by atoms with Crippen LogP contribution < -0.4 is 16.8 Å². The molecular formula is C12H14N4O5. The molecule has 0 bridgehead atoms. The molecule has 21 heavy (non-hydrogen) atoms. The van der Waals surface area contributed by atoms with E-state index in [9.17, 15) is 19.2 Å². The van der Waals surface area contributed by atoms with E-state index in [0.717, 1.165) is 4.90 Å². The maximum atomic E-state index is 11.9. The van der Waals surface area contributed by atoms with E-state index < -0.39 is 36.9 Å². The highest BCUT2D eigenvalue weighted by molar-refractivity contribution is 5.97. The molecule has 0 unspecified atom stereocenters. The van der Waals surface area contributed by atoms with Crippen LogP contribution in [0.4, 0.5) is 10.5 Å². The number of amides is 4. The van der Waals surface area contributed by atoms with E-state index in [-0.39, 0.29) is 11.3 Å². The molecule has 0 aliphatic heterocycles. The molecule has 6 N–H and O–H groups in total. The normalized spacial score (nSPS) is 9.71. The monoisotopic (exact) mass is 294 g/mol. The number of nitrogens with two attached hydrogens (primary N) is 2. The van der Waals surface area contributed by atoms with Gasteiger partial charge in [-0.15, -0.1) is 0 Å². The topological polar surface area (TPSA) is 156 Å². The maximum absolute atomic E-state index is 11.9. The summed E-state index contributed by atoms with van der Waals surface area (Å²) >= 11 is 0. The van der Waals surface area contributed by atoms with E-state index in [0.29, 0.717) is 0 Å². The number of primary amides is 2. The molecule has 112 valence electrons. The summed E-state index contributed by atoms with van der Waals surface area (Å²) in [6, 6.07) is 4.91. The minimum Gasteiger partial charge on any atom is -0.480 e. The Bertz CT molecular complexity index is 571. The number of nitrogens with one attached hydrogen (secondary N) is 1. The first-order valence-corrected chi connectivity index (χ1v) is 5.75. The lowest BCUT2D eigenvalue weighted by Crippen LogP contribution is -2.43. The summed E-state index contributed by atoms with van der Waals surface area (Å²) in [4.78, 5) is 45.1. The number of carbonyl (C=O) groups is 4. The van der Waals surface area contributed by atoms with Gasteiger partial charge in [0, 0.05) is 11.3 Å². The third-order valence-corrected chi connectivity index (χ3v) is 2.36. The summed E-state index contributed by atoms with van der Waals surface area (Å²) in [6.45, 7) is -1.24. The summed E-state index contributed by atoms with van der Waals surface area (Å²) in [5.74, 6) is -2.82. The molecule has 1 aromatic rings. The quantitative estimate of drug-likeness (QED) is 0.539. The average Bonchev–Trinajstić information content (AvgIpc) is 2.37. The van der Waals surface area contributed by atoms with Crippen molar-refractivity contribution < 1.29 is 24.3 Å². The lowest BCUT2D eigenvalue weighted by Gasteiger charge is -2.19. The van der Waals surface area contributed by atoms with E-state index in [2.05, 4.69) is 5.32 Å². The van der Waals surface area contributed by atoms with Gasteiger partial charge in [0.2, 0.25) is 11.8 Å². The number of benzene rings is 1. The number of urea groups is 1. The zero-order chi connectivity index (χ0) is 16.0. The summed E-state index contributed by atoms with van der Waals surface area (Å²) in [7, 11) is 0. The number of carboxylic acid groups (broad SMARTS) is 1. The fourth-order valence-corrected chi connectivity index (χ4v) is 1.50. The molecule has 1 aromatic carbocycles. The third kappa shape index (κ3) is 5.19. The van der Waals surface area contributed by atoms with E-state index in [4.69, 9.17) is 16.6 Å². The van der Waals surface area contributed by atoms with Crippen LogP contribution in [-0.4, -0.2) is 46.9 Å². The van der Waals surface area contributed by atoms with E-state index in [1.807, 2.05) is 0 Å². The SMILES string of the molecule is NC(=O)CN(CC(=O)O)C(=O)Nc1cccc(C(N)=O)c1. The van der Waals surface area contributed by atoms with Crippen LogP contribution in [0.1, 0.15) is 10.4 Å². The van der Waals surface area contributed by atoms with Crippen LogP contribution in [0.25, 0.3) is 0 Å². The zero-order valence-corrected chi connectivity index (χ0v) is 10.9. The van der Waals surface area contributed by atoms with E-state index >= 15 is 0 Å². The van der Waals surface area contributed by atoms with Gasteiger partial charge < -0.3 is 26.8 Å². The Morgan fingerprint density at radius 2 is 1.81 bits per heavy atom. The van der Waals surface area contributed by atoms with Gasteiger partial charge in [-0.25, -0.2) is 4.79 Å². The zero-order valence-electron chi connectivity index (χ0n) is 10.9. The highest BCUT2D eigenvalue weighted by atomic mass is 16.4. The van der Waals surface area contributed by atoms with Crippen molar-refractivity contribution in [2.45, 2.75) is 0 Å². The van der Waals surface area contributed by atoms with E-state index in [1.54, 1.807) is 0 Å². The second-order valence-corrected chi connectivity index (χ2v) is 4.09. The van der Waals surface area contributed by atoms with Gasteiger partial charge in [0.1, 0.15) is 13.1 Å². The first kappa shape index (κ1) is 16.0. The Morgan fingerprint density at radius 1 is 1.14 bits per heavy atom. The molecule has 0 aromatic heterocycles. The molecule has 0 spiro atoms. The lowest BCUT2D eigenvalue weighted by molar-refractivity contribution is -0.137. The predicted molar refractivity (Wildman–Crippen MR) is 72.4 cm³/mol. The second kappa shape index (κ2) is 6.89. The van der Waals surface area contributed by atoms with Gasteiger partial charge in [0.25, 0.3) is 0 Å². The molecule has 0 heterocycles. The summed E-state index contributed by atoms with van der Waals surface area (Å²) in [5, 5.41) is 11.0. The Morgan fingerprint density at radius 3 is 2.33 bits per heavy atom. The van der Waals surface area contributed by atoms with Gasteiger partial charge in [-0.3, -0.25) is 14.4 Å². The minimum atomic E-state index is -1.29. The molecule has 0 saturated carbocycles. The van der Waals surface area contributed by atoms with Gasteiger partial charge in [-0.2, -0.15) is 0 Å². The van der Waals surface area contributed by atoms with Gasteiger partial charge in [-0.1, -0.05) is 6.07 Å². The number of rotatable bonds is 6. The number of carbonyl (C=O) groups excluding carboxylic acids is 3. The van der Waals surface area contributed by atoms with Crippen LogP contribution in [0.3, 0.4) is 0 Å². The van der Waals surface area contributed by atoms with Crippen molar-refractivity contribution in [2.75, 3.05) is 18.4 Å². The van der Waals surface area contributed by atoms with Crippen LogP contribution in [0.5, 0.6) is 0 Å². The first-order valence-electron chi connectivity index (χ1n) is 5.75. The largest absolute Gasteiger partial charge is 0.480 e. The van der Waals surface area contributed by atoms with Crippen molar-refractivity contribution in [2.24, 2.45) is 11.5 Å². The third-order valence-electron chi connectivity index (χ3n) is 2.36. The van der Waals surface area contributed by atoms with Gasteiger partial charge in [0.05, 0.1) is 0 Å². The number of hydrogen-bond acceptors (Lipinski definition) is 4. The summed E-state index contributed by atoms with van der Waals surface area (Å²) < 4.78 is 0. The average molecular weight is 294 g/mol. The minimum absolute atomic E-state index is 0.174. The predicted octanol–water partition coefficient (Wildman–Crippen LogP) is -0.811. The highest BCUT2D eigenvalue weighted by Crippen LogP contribution is 2.11. The Labute approximate surface area is 119 Å². The Balaban J connectivity index is 2.85. The van der Waals surface area contributed by atoms with Crippen LogP contribution in [0, 0.1) is 0 Å². The molecule has 0 fully saturated rings. The molecular weight excluding hydrogens is 280 g/mol. The van der Waals surface area contributed by atoms with Crippen molar-refractivity contribution >= 4 is 29.5 Å². The van der Waals surface area contributed by atoms with Gasteiger partial charge in [0.15, 0.2) is 0 Å². The number of anilines is 1. The molecule has 0 saturated heterocycles. The molecule has 0 aliphatic rings. The maximum Gasteiger partial charge on any atom is 0.323 e. The van der Waals surface area contributed by atoms with Crippen molar-refractivity contribution in [1.82, 2.24) is 4.90 Å². The summed E-state index contributed by atoms with van der Waals surface area (Å²) in [5.41, 5.74) is 10.5. The highest BCUT2D eigenvalue weighted by Gasteiger charge is 2.19. The standard InChI is InChI=1S/C12H14N4O5/c13-9(17)5-16(6-10(18)19)12(21)15-8-3-1-2-7(4-8)11(14)20/h1-4H,5-6H2,(H2,13,17)(H2,14,20)(H,15,21)(H,18,19). The number of carboxylic acids is 1. The van der Waals surface area contributed by atoms with Crippen LogP contribution in [0.2, 0.25) is 0 Å². The molecule has 1 rings (SSSR count). The fraction of sp³-hybridized carbons (Fsp3) is 0.167. The number of hydrogen-bond donors (Lipinski definition) is 4. The molecule has 9 nitrogen and oxygen atoms in total. The van der Waals surface area contributed by atoms with Crippen LogP contribution in [0.15, 0.2) is 24.3 Å². The van der Waals surface area contributed by atoms with E-state index in [1.165, 1.54) is 24.3 Å². The Kier molecular flexibility index (Phi) is 5.24. The Hall–Kier alpha value is -3.10. The second-order valence-electron chi connectivity index (χ2n) is 4.09. The van der Waals surface area contributed by atoms with Crippen molar-refractivity contribution in [3.8, 4) is 0 Å². The molecule has 9 heteroatoms. The van der Waals surface area contributed by atoms with Crippen molar-refractivity contribution in [3.63, 3.8) is 0 Å². The van der Waals surface area contributed by atoms with Crippen molar-refractivity contribution in [3.05, 3.63) is 29.8 Å². The van der Waals surface area contributed by atoms with Crippen LogP contribution >= 0.6 is 0 Å². The number of aliphatic carboxylic acids is 1. The van der Waals surface area contributed by atoms with Crippen LogP contribution in [-0.2, 0) is 9.59 Å². The van der Waals surface area contributed by atoms with Gasteiger partial charge in [-0.05, 0) is 18.2 Å². The smallest absolute Gasteiger partial charge is 0.323 e. The lowest BCUT2D eigenvalue weighted by atomic mass is 10.2.